The second kappa shape index (κ2) is 7.00. The van der Waals surface area contributed by atoms with Crippen molar-refractivity contribution in [2.24, 2.45) is 5.73 Å². The molecule has 0 spiro atoms. The van der Waals surface area contributed by atoms with Crippen molar-refractivity contribution >= 4 is 28.8 Å². The Kier molecular flexibility index (Phi) is 5.31. The first-order chi connectivity index (χ1) is 10.1. The van der Waals surface area contributed by atoms with Crippen LogP contribution in [0.3, 0.4) is 0 Å². The van der Waals surface area contributed by atoms with Crippen LogP contribution in [0, 0.1) is 0 Å². The zero-order chi connectivity index (χ0) is 15.3. The monoisotopic (exact) mass is 306 g/mol. The highest BCUT2D eigenvalue weighted by Crippen LogP contribution is 2.38. The number of benzene rings is 1. The van der Waals surface area contributed by atoms with E-state index < -0.39 is 0 Å². The number of thiocarbonyl (C=S) groups is 1. The highest BCUT2D eigenvalue weighted by molar-refractivity contribution is 7.80. The minimum atomic E-state index is -0.270. The summed E-state index contributed by atoms with van der Waals surface area (Å²) in [6.07, 6.45) is 3.96. The van der Waals surface area contributed by atoms with E-state index in [0.717, 1.165) is 24.9 Å². The maximum Gasteiger partial charge on any atom is 0.229 e. The average Bonchev–Trinajstić information content (AvgIpc) is 2.44. The molecule has 1 aliphatic rings. The maximum absolute atomic E-state index is 12.7. The minimum absolute atomic E-state index is 0.0685. The van der Waals surface area contributed by atoms with Gasteiger partial charge in [0.15, 0.2) is 0 Å². The number of hydrogen-bond acceptors (Lipinski definition) is 3. The van der Waals surface area contributed by atoms with Gasteiger partial charge in [0.2, 0.25) is 5.91 Å². The largest absolute Gasteiger partial charge is 0.393 e. The third-order valence-corrected chi connectivity index (χ3v) is 4.33. The van der Waals surface area contributed by atoms with Crippen molar-refractivity contribution in [3.63, 3.8) is 0 Å². The molecule has 1 aliphatic carbocycles. The maximum atomic E-state index is 12.7. The van der Waals surface area contributed by atoms with Crippen LogP contribution in [0.2, 0.25) is 0 Å². The summed E-state index contributed by atoms with van der Waals surface area (Å²) in [6, 6.07) is 9.63. The predicted octanol–water partition coefficient (Wildman–Crippen LogP) is 2.66. The topological polar surface area (TPSA) is 55.6 Å². The van der Waals surface area contributed by atoms with Crippen LogP contribution < -0.4 is 10.6 Å². The van der Waals surface area contributed by atoms with E-state index in [0.29, 0.717) is 24.4 Å². The molecular formula is C16H22N2O2S. The summed E-state index contributed by atoms with van der Waals surface area (Å²) < 4.78 is 5.56. The summed E-state index contributed by atoms with van der Waals surface area (Å²) in [6.45, 7) is 0.512. The van der Waals surface area contributed by atoms with E-state index in [1.165, 1.54) is 0 Å². The van der Waals surface area contributed by atoms with Gasteiger partial charge in [-0.05, 0) is 31.4 Å². The van der Waals surface area contributed by atoms with Crippen LogP contribution in [0.4, 0.5) is 5.69 Å². The van der Waals surface area contributed by atoms with Crippen molar-refractivity contribution in [3.8, 4) is 0 Å². The SMILES string of the molecule is COC1(CC(=O)N(CCC(N)=S)c2ccccc2)CCC1. The second-order valence-corrected chi connectivity index (χ2v) is 6.04. The molecule has 0 heterocycles. The van der Waals surface area contributed by atoms with Gasteiger partial charge in [-0.1, -0.05) is 30.4 Å². The van der Waals surface area contributed by atoms with Gasteiger partial charge in [0.05, 0.1) is 17.0 Å². The van der Waals surface area contributed by atoms with Crippen LogP contribution in [-0.4, -0.2) is 30.2 Å². The van der Waals surface area contributed by atoms with Crippen molar-refractivity contribution in [2.75, 3.05) is 18.6 Å². The fraction of sp³-hybridized carbons (Fsp3) is 0.500. The van der Waals surface area contributed by atoms with Gasteiger partial charge in [-0.3, -0.25) is 4.79 Å². The van der Waals surface area contributed by atoms with Gasteiger partial charge < -0.3 is 15.4 Å². The highest BCUT2D eigenvalue weighted by Gasteiger charge is 2.40. The lowest BCUT2D eigenvalue weighted by Gasteiger charge is -2.41. The smallest absolute Gasteiger partial charge is 0.229 e. The molecule has 4 nitrogen and oxygen atoms in total. The normalized spacial score (nSPS) is 16.0. The van der Waals surface area contributed by atoms with Crippen molar-refractivity contribution in [3.05, 3.63) is 30.3 Å². The molecule has 0 radical (unpaired) electrons. The zero-order valence-corrected chi connectivity index (χ0v) is 13.2. The first-order valence-electron chi connectivity index (χ1n) is 7.25. The Morgan fingerprint density at radius 2 is 2.05 bits per heavy atom. The van der Waals surface area contributed by atoms with E-state index in [4.69, 9.17) is 22.7 Å². The fourth-order valence-electron chi connectivity index (χ4n) is 2.62. The molecule has 2 rings (SSSR count). The van der Waals surface area contributed by atoms with Gasteiger partial charge in [0.25, 0.3) is 0 Å². The molecule has 1 amide bonds. The number of nitrogens with zero attached hydrogens (tertiary/aromatic N) is 1. The lowest BCUT2D eigenvalue weighted by Crippen LogP contribution is -2.45. The molecular weight excluding hydrogens is 284 g/mol. The van der Waals surface area contributed by atoms with Crippen LogP contribution in [-0.2, 0) is 9.53 Å². The third-order valence-electron chi connectivity index (χ3n) is 4.12. The zero-order valence-electron chi connectivity index (χ0n) is 12.4. The molecule has 0 bridgehead atoms. The Bertz CT molecular complexity index is 495. The summed E-state index contributed by atoms with van der Waals surface area (Å²) >= 11 is 4.93. The standard InChI is InChI=1S/C16H22N2O2S/c1-20-16(9-5-10-16)12-15(19)18(11-8-14(17)21)13-6-3-2-4-7-13/h2-4,6-7H,5,8-12H2,1H3,(H2,17,21). The van der Waals surface area contributed by atoms with Crippen molar-refractivity contribution < 1.29 is 9.53 Å². The first-order valence-corrected chi connectivity index (χ1v) is 7.66. The highest BCUT2D eigenvalue weighted by atomic mass is 32.1. The van der Waals surface area contributed by atoms with Crippen LogP contribution in [0.1, 0.15) is 32.1 Å². The lowest BCUT2D eigenvalue weighted by molar-refractivity contribution is -0.131. The molecule has 0 aliphatic heterocycles. The summed E-state index contributed by atoms with van der Waals surface area (Å²) in [7, 11) is 1.69. The molecule has 0 atom stereocenters. The molecule has 1 aromatic carbocycles. The molecule has 1 aromatic rings. The molecule has 114 valence electrons. The van der Waals surface area contributed by atoms with Crippen molar-refractivity contribution in [1.29, 1.82) is 0 Å². The number of carbonyl (C=O) groups is 1. The van der Waals surface area contributed by atoms with Gasteiger partial charge in [-0.15, -0.1) is 0 Å². The van der Waals surface area contributed by atoms with E-state index in [1.807, 2.05) is 30.3 Å². The van der Waals surface area contributed by atoms with E-state index in [-0.39, 0.29) is 11.5 Å². The second-order valence-electron chi connectivity index (χ2n) is 5.51. The van der Waals surface area contributed by atoms with Gasteiger partial charge >= 0.3 is 0 Å². The van der Waals surface area contributed by atoms with E-state index in [2.05, 4.69) is 0 Å². The Labute approximate surface area is 131 Å². The molecule has 1 fully saturated rings. The summed E-state index contributed by atoms with van der Waals surface area (Å²) in [5.74, 6) is 0.0685. The summed E-state index contributed by atoms with van der Waals surface area (Å²) in [5.41, 5.74) is 6.19. The minimum Gasteiger partial charge on any atom is -0.393 e. The van der Waals surface area contributed by atoms with Crippen LogP contribution in [0.25, 0.3) is 0 Å². The molecule has 21 heavy (non-hydrogen) atoms. The Hall–Kier alpha value is -1.46. The number of nitrogens with two attached hydrogens (primary N) is 1. The first kappa shape index (κ1) is 15.9. The number of ether oxygens (including phenoxy) is 1. The third kappa shape index (κ3) is 4.02. The predicted molar refractivity (Wildman–Crippen MR) is 88.4 cm³/mol. The number of methoxy groups -OCH3 is 1. The molecule has 1 saturated carbocycles. The molecule has 2 N–H and O–H groups in total. The number of hydrogen-bond donors (Lipinski definition) is 1. The van der Waals surface area contributed by atoms with E-state index in [1.54, 1.807) is 12.0 Å². The average molecular weight is 306 g/mol. The van der Waals surface area contributed by atoms with Crippen LogP contribution in [0.5, 0.6) is 0 Å². The summed E-state index contributed by atoms with van der Waals surface area (Å²) in [5, 5.41) is 0. The summed E-state index contributed by atoms with van der Waals surface area (Å²) in [4.78, 5) is 14.9. The van der Waals surface area contributed by atoms with Gasteiger partial charge in [-0.25, -0.2) is 0 Å². The van der Waals surface area contributed by atoms with Crippen LogP contribution in [0.15, 0.2) is 30.3 Å². The quantitative estimate of drug-likeness (QED) is 0.787. The number of rotatable bonds is 7. The van der Waals surface area contributed by atoms with Crippen molar-refractivity contribution in [2.45, 2.75) is 37.7 Å². The Morgan fingerprint density at radius 3 is 2.52 bits per heavy atom. The van der Waals surface area contributed by atoms with E-state index >= 15 is 0 Å². The number of amides is 1. The van der Waals surface area contributed by atoms with Crippen LogP contribution >= 0.6 is 12.2 Å². The number of para-hydroxylation sites is 1. The number of anilines is 1. The van der Waals surface area contributed by atoms with Crippen molar-refractivity contribution in [1.82, 2.24) is 0 Å². The fourth-order valence-corrected chi connectivity index (χ4v) is 2.71. The molecule has 5 heteroatoms. The lowest BCUT2D eigenvalue weighted by atomic mass is 9.77. The van der Waals surface area contributed by atoms with E-state index in [9.17, 15) is 4.79 Å². The Balaban J connectivity index is 2.10. The molecule has 0 saturated heterocycles. The molecule has 0 unspecified atom stereocenters. The van der Waals surface area contributed by atoms with Gasteiger partial charge in [0, 0.05) is 25.8 Å². The Morgan fingerprint density at radius 1 is 1.38 bits per heavy atom. The van der Waals surface area contributed by atoms with Gasteiger partial charge in [0.1, 0.15) is 0 Å². The number of carbonyl (C=O) groups excluding carboxylic acids is 1. The van der Waals surface area contributed by atoms with Gasteiger partial charge in [-0.2, -0.15) is 0 Å². The molecule has 0 aromatic heterocycles.